The molecule has 4 aromatic rings. The van der Waals surface area contributed by atoms with Crippen LogP contribution in [0.3, 0.4) is 0 Å². The predicted octanol–water partition coefficient (Wildman–Crippen LogP) is 5.23. The fraction of sp³-hybridized carbons (Fsp3) is 0.111. The number of nitrogens with one attached hydrogen (secondary N) is 2. The number of thiazole rings is 1. The van der Waals surface area contributed by atoms with Crippen molar-refractivity contribution < 1.29 is 24.2 Å². The number of carbonyl (C=O) groups is 3. The number of anilines is 1. The summed E-state index contributed by atoms with van der Waals surface area (Å²) in [5, 5.41) is 15.3. The van der Waals surface area contributed by atoms with Gasteiger partial charge in [0.25, 0.3) is 11.8 Å². The van der Waals surface area contributed by atoms with Crippen LogP contribution < -0.4 is 15.4 Å². The number of benzene rings is 3. The molecule has 0 saturated carbocycles. The van der Waals surface area contributed by atoms with E-state index in [0.29, 0.717) is 29.1 Å². The zero-order valence-corrected chi connectivity index (χ0v) is 21.2. The number of hydrogen-bond acceptors (Lipinski definition) is 7. The maximum Gasteiger partial charge on any atom is 0.341 e. The van der Waals surface area contributed by atoms with Crippen molar-refractivity contribution >= 4 is 46.6 Å². The third kappa shape index (κ3) is 5.65. The van der Waals surface area contributed by atoms with E-state index in [1.54, 1.807) is 42.6 Å². The highest BCUT2D eigenvalue weighted by atomic mass is 32.2. The normalized spacial score (nSPS) is 12.1. The Kier molecular flexibility index (Phi) is 6.93. The van der Waals surface area contributed by atoms with Gasteiger partial charge in [-0.2, -0.15) is 0 Å². The van der Waals surface area contributed by atoms with Gasteiger partial charge in [0.1, 0.15) is 10.8 Å². The molecule has 5 rings (SSSR count). The van der Waals surface area contributed by atoms with Gasteiger partial charge in [0.15, 0.2) is 6.61 Å². The number of ether oxygens (including phenoxy) is 1. The monoisotopic (exact) mass is 531 g/mol. The van der Waals surface area contributed by atoms with Gasteiger partial charge in [-0.25, -0.2) is 9.78 Å². The molecule has 37 heavy (non-hydrogen) atoms. The molecule has 2 amide bonds. The predicted molar refractivity (Wildman–Crippen MR) is 142 cm³/mol. The molecule has 186 valence electrons. The number of fused-ring (bicyclic) bond motifs is 2. The lowest BCUT2D eigenvalue weighted by atomic mass is 10.1. The first-order valence-electron chi connectivity index (χ1n) is 11.3. The molecule has 0 fully saturated rings. The summed E-state index contributed by atoms with van der Waals surface area (Å²) < 4.78 is 5.15. The number of carboxylic acid groups (broad SMARTS) is 1. The number of aryl methyl sites for hydroxylation is 1. The molecule has 0 radical (unpaired) electrons. The molecule has 1 aliphatic rings. The molecule has 0 atom stereocenters. The fourth-order valence-corrected chi connectivity index (χ4v) is 5.56. The van der Waals surface area contributed by atoms with Crippen LogP contribution in [0.5, 0.6) is 5.75 Å². The SMILES string of the molecule is Cc1ccc2c(c1)C(=O)Nc1cc(C(=O)NCc3cnc(-c4ccc(OCC(=O)O)cc4)s3)ccc1S2. The van der Waals surface area contributed by atoms with Crippen molar-refractivity contribution in [1.82, 2.24) is 10.3 Å². The number of nitrogens with zero attached hydrogens (tertiary/aromatic N) is 1. The summed E-state index contributed by atoms with van der Waals surface area (Å²) in [6.45, 7) is 1.85. The van der Waals surface area contributed by atoms with Crippen LogP contribution in [0, 0.1) is 6.92 Å². The van der Waals surface area contributed by atoms with Crippen molar-refractivity contribution in [1.29, 1.82) is 0 Å². The minimum absolute atomic E-state index is 0.193. The minimum atomic E-state index is -1.04. The lowest BCUT2D eigenvalue weighted by Crippen LogP contribution is -2.22. The summed E-state index contributed by atoms with van der Waals surface area (Å²) in [5.41, 5.74) is 3.54. The Morgan fingerprint density at radius 2 is 1.84 bits per heavy atom. The van der Waals surface area contributed by atoms with E-state index >= 15 is 0 Å². The summed E-state index contributed by atoms with van der Waals surface area (Å²) in [4.78, 5) is 43.3. The Morgan fingerprint density at radius 3 is 2.62 bits per heavy atom. The number of aliphatic carboxylic acids is 1. The largest absolute Gasteiger partial charge is 0.482 e. The van der Waals surface area contributed by atoms with Gasteiger partial charge >= 0.3 is 5.97 Å². The van der Waals surface area contributed by atoms with Crippen LogP contribution in [0.4, 0.5) is 5.69 Å². The van der Waals surface area contributed by atoms with Crippen LogP contribution in [0.25, 0.3) is 10.6 Å². The smallest absolute Gasteiger partial charge is 0.341 e. The Bertz CT molecular complexity index is 1510. The van der Waals surface area contributed by atoms with E-state index in [2.05, 4.69) is 15.6 Å². The van der Waals surface area contributed by atoms with Crippen LogP contribution in [-0.2, 0) is 11.3 Å². The van der Waals surface area contributed by atoms with Crippen molar-refractivity contribution in [2.45, 2.75) is 23.3 Å². The van der Waals surface area contributed by atoms with Gasteiger partial charge in [-0.05, 0) is 61.5 Å². The summed E-state index contributed by atoms with van der Waals surface area (Å²) in [5.74, 6) is -1.02. The van der Waals surface area contributed by atoms with Gasteiger partial charge in [-0.15, -0.1) is 11.3 Å². The lowest BCUT2D eigenvalue weighted by molar-refractivity contribution is -0.139. The Hall–Kier alpha value is -4.15. The third-order valence-electron chi connectivity index (χ3n) is 5.53. The molecule has 3 N–H and O–H groups in total. The molecule has 0 saturated heterocycles. The first kappa shape index (κ1) is 24.5. The first-order chi connectivity index (χ1) is 17.9. The molecule has 2 heterocycles. The summed E-state index contributed by atoms with van der Waals surface area (Å²) in [6, 6.07) is 18.1. The minimum Gasteiger partial charge on any atom is -0.482 e. The van der Waals surface area contributed by atoms with E-state index in [1.165, 1.54) is 23.1 Å². The molecule has 0 aliphatic carbocycles. The number of hydrogen-bond donors (Lipinski definition) is 3. The van der Waals surface area contributed by atoms with Crippen molar-refractivity contribution in [2.75, 3.05) is 11.9 Å². The third-order valence-corrected chi connectivity index (χ3v) is 7.73. The zero-order valence-electron chi connectivity index (χ0n) is 19.6. The number of carboxylic acids is 1. The highest BCUT2D eigenvalue weighted by Gasteiger charge is 2.21. The highest BCUT2D eigenvalue weighted by molar-refractivity contribution is 7.99. The van der Waals surface area contributed by atoms with E-state index in [1.807, 2.05) is 31.2 Å². The second-order valence-corrected chi connectivity index (χ2v) is 10.5. The van der Waals surface area contributed by atoms with Gasteiger partial charge in [0, 0.05) is 32.0 Å². The van der Waals surface area contributed by atoms with Gasteiger partial charge < -0.3 is 20.5 Å². The quantitative estimate of drug-likeness (QED) is 0.299. The highest BCUT2D eigenvalue weighted by Crippen LogP contribution is 2.39. The molecule has 10 heteroatoms. The molecular formula is C27H21N3O5S2. The van der Waals surface area contributed by atoms with E-state index in [-0.39, 0.29) is 11.8 Å². The fourth-order valence-electron chi connectivity index (χ4n) is 3.71. The van der Waals surface area contributed by atoms with Crippen LogP contribution in [0.2, 0.25) is 0 Å². The van der Waals surface area contributed by atoms with Gasteiger partial charge in [-0.1, -0.05) is 23.4 Å². The Labute approximate surface area is 220 Å². The Balaban J connectivity index is 1.23. The standard InChI is InChI=1S/C27H21N3O5S2/c1-15-2-8-22-20(10-15)26(34)30-21-11-17(5-9-23(21)37-22)25(33)28-12-19-13-29-27(36-19)16-3-6-18(7-4-16)35-14-24(31)32/h2-11,13H,12,14H2,1H3,(H,28,33)(H,30,34)(H,31,32). The molecule has 0 spiro atoms. The number of aromatic nitrogens is 1. The van der Waals surface area contributed by atoms with Crippen molar-refractivity contribution in [3.8, 4) is 16.3 Å². The number of rotatable bonds is 7. The number of carbonyl (C=O) groups excluding carboxylic acids is 2. The molecular weight excluding hydrogens is 510 g/mol. The molecule has 0 bridgehead atoms. The molecule has 1 aliphatic heterocycles. The maximum absolute atomic E-state index is 12.9. The summed E-state index contributed by atoms with van der Waals surface area (Å²) in [7, 11) is 0. The second kappa shape index (κ2) is 10.5. The topological polar surface area (TPSA) is 118 Å². The molecule has 8 nitrogen and oxygen atoms in total. The average Bonchev–Trinajstić information content (AvgIpc) is 3.32. The zero-order chi connectivity index (χ0) is 25.9. The van der Waals surface area contributed by atoms with Crippen molar-refractivity contribution in [2.24, 2.45) is 0 Å². The van der Waals surface area contributed by atoms with Crippen LogP contribution in [0.15, 0.2) is 76.7 Å². The maximum atomic E-state index is 12.9. The molecule has 0 unspecified atom stereocenters. The lowest BCUT2D eigenvalue weighted by Gasteiger charge is -2.09. The Morgan fingerprint density at radius 1 is 1.05 bits per heavy atom. The summed E-state index contributed by atoms with van der Waals surface area (Å²) in [6.07, 6.45) is 1.71. The van der Waals surface area contributed by atoms with Gasteiger partial charge in [0.2, 0.25) is 0 Å². The van der Waals surface area contributed by atoms with E-state index in [9.17, 15) is 14.4 Å². The van der Waals surface area contributed by atoms with Crippen molar-refractivity contribution in [3.63, 3.8) is 0 Å². The average molecular weight is 532 g/mol. The van der Waals surface area contributed by atoms with Crippen LogP contribution in [0.1, 0.15) is 31.2 Å². The van der Waals surface area contributed by atoms with Crippen molar-refractivity contribution in [3.05, 3.63) is 88.4 Å². The van der Waals surface area contributed by atoms with Gasteiger partial charge in [0.05, 0.1) is 17.8 Å². The van der Waals surface area contributed by atoms with Gasteiger partial charge in [-0.3, -0.25) is 9.59 Å². The second-order valence-electron chi connectivity index (χ2n) is 8.29. The van der Waals surface area contributed by atoms with E-state index in [4.69, 9.17) is 9.84 Å². The molecule has 1 aromatic heterocycles. The van der Waals surface area contributed by atoms with Crippen LogP contribution in [-0.4, -0.2) is 34.5 Å². The van der Waals surface area contributed by atoms with E-state index < -0.39 is 12.6 Å². The first-order valence-corrected chi connectivity index (χ1v) is 12.9. The van der Waals surface area contributed by atoms with Crippen LogP contribution >= 0.6 is 23.1 Å². The summed E-state index contributed by atoms with van der Waals surface area (Å²) >= 11 is 2.94. The number of amides is 2. The molecule has 3 aromatic carbocycles. The van der Waals surface area contributed by atoms with E-state index in [0.717, 1.165) is 30.8 Å².